The van der Waals surface area contributed by atoms with Crippen LogP contribution in [-0.2, 0) is 0 Å². The molecule has 3 rings (SSSR count). The summed E-state index contributed by atoms with van der Waals surface area (Å²) in [5, 5.41) is 9.66. The highest BCUT2D eigenvalue weighted by molar-refractivity contribution is 5.85. The molecule has 0 heterocycles. The lowest BCUT2D eigenvalue weighted by Gasteiger charge is -2.02. The van der Waals surface area contributed by atoms with Gasteiger partial charge >= 0.3 is 0 Å². The first kappa shape index (κ1) is 16.6. The Balaban J connectivity index is 1.86. The van der Waals surface area contributed by atoms with Crippen molar-refractivity contribution < 1.29 is 13.9 Å². The van der Waals surface area contributed by atoms with E-state index in [1.807, 2.05) is 30.3 Å². The maximum absolute atomic E-state index is 14.2. The van der Waals surface area contributed by atoms with Gasteiger partial charge in [-0.2, -0.15) is 0 Å². The second-order valence-electron chi connectivity index (χ2n) is 5.39. The number of nitrogens with zero attached hydrogens (tertiary/aromatic N) is 1. The molecule has 3 aromatic carbocycles. The Kier molecular flexibility index (Phi) is 5.00. The minimum atomic E-state index is -0.764. The highest BCUT2D eigenvalue weighted by atomic mass is 19.1. The summed E-state index contributed by atoms with van der Waals surface area (Å²) in [7, 11) is 0. The van der Waals surface area contributed by atoms with Crippen molar-refractivity contribution in [2.75, 3.05) is 0 Å². The van der Waals surface area contributed by atoms with Crippen LogP contribution in [0.2, 0.25) is 0 Å². The summed E-state index contributed by atoms with van der Waals surface area (Å²) in [6, 6.07) is 18.3. The zero-order chi connectivity index (χ0) is 17.6. The summed E-state index contributed by atoms with van der Waals surface area (Å²) in [6.45, 7) is 0. The molecule has 0 aliphatic rings. The van der Waals surface area contributed by atoms with Gasteiger partial charge in [-0.1, -0.05) is 54.6 Å². The third-order valence-corrected chi connectivity index (χ3v) is 3.58. The van der Waals surface area contributed by atoms with E-state index in [1.165, 1.54) is 24.4 Å². The van der Waals surface area contributed by atoms with E-state index in [9.17, 15) is 13.9 Å². The van der Waals surface area contributed by atoms with Crippen LogP contribution in [0.5, 0.6) is 5.75 Å². The van der Waals surface area contributed by atoms with Crippen molar-refractivity contribution in [3.63, 3.8) is 0 Å². The van der Waals surface area contributed by atoms with Crippen LogP contribution < -0.4 is 0 Å². The molecule has 3 aromatic rings. The molecule has 0 atom stereocenters. The summed E-state index contributed by atoms with van der Waals surface area (Å²) in [6.07, 6.45) is 4.65. The lowest BCUT2D eigenvalue weighted by atomic mass is 10.1. The van der Waals surface area contributed by atoms with Crippen LogP contribution in [0.1, 0.15) is 16.7 Å². The number of benzene rings is 3. The van der Waals surface area contributed by atoms with E-state index in [2.05, 4.69) is 4.99 Å². The van der Waals surface area contributed by atoms with Gasteiger partial charge in [0.1, 0.15) is 11.4 Å². The standard InChI is InChI=1S/C21H15F2NO/c22-18-12-16(11-10-15-6-2-1-3-7-15)13-19(23)21(18)24-14-17-8-4-5-9-20(17)25/h1-14,25H. The minimum absolute atomic E-state index is 0.00511. The third kappa shape index (κ3) is 4.18. The molecule has 0 spiro atoms. The average molecular weight is 335 g/mol. The molecule has 0 amide bonds. The predicted octanol–water partition coefficient (Wildman–Crippen LogP) is 5.59. The maximum Gasteiger partial charge on any atom is 0.152 e. The molecule has 0 unspecified atom stereocenters. The van der Waals surface area contributed by atoms with E-state index >= 15 is 0 Å². The second kappa shape index (κ2) is 7.53. The summed E-state index contributed by atoms with van der Waals surface area (Å²) < 4.78 is 28.4. The van der Waals surface area contributed by atoms with Gasteiger partial charge in [0.25, 0.3) is 0 Å². The van der Waals surface area contributed by atoms with Crippen LogP contribution in [0.25, 0.3) is 12.2 Å². The zero-order valence-electron chi connectivity index (χ0n) is 13.2. The van der Waals surface area contributed by atoms with Crippen molar-refractivity contribution in [1.29, 1.82) is 0 Å². The Morgan fingerprint density at radius 1 is 0.760 bits per heavy atom. The minimum Gasteiger partial charge on any atom is -0.507 e. The first-order valence-corrected chi connectivity index (χ1v) is 7.68. The molecular weight excluding hydrogens is 320 g/mol. The van der Waals surface area contributed by atoms with E-state index in [-0.39, 0.29) is 11.4 Å². The lowest BCUT2D eigenvalue weighted by molar-refractivity contribution is 0.474. The van der Waals surface area contributed by atoms with Crippen LogP contribution in [-0.4, -0.2) is 11.3 Å². The van der Waals surface area contributed by atoms with Gasteiger partial charge in [0.2, 0.25) is 0 Å². The first-order valence-electron chi connectivity index (χ1n) is 7.68. The summed E-state index contributed by atoms with van der Waals surface area (Å²) in [4.78, 5) is 3.84. The lowest BCUT2D eigenvalue weighted by Crippen LogP contribution is -1.88. The van der Waals surface area contributed by atoms with Gasteiger partial charge in [-0.05, 0) is 35.4 Å². The molecule has 0 aliphatic carbocycles. The summed E-state index contributed by atoms with van der Waals surface area (Å²) in [5.41, 5.74) is 1.33. The Morgan fingerprint density at radius 2 is 1.36 bits per heavy atom. The van der Waals surface area contributed by atoms with Gasteiger partial charge in [-0.25, -0.2) is 13.8 Å². The van der Waals surface area contributed by atoms with Gasteiger partial charge in [0, 0.05) is 11.8 Å². The van der Waals surface area contributed by atoms with Crippen LogP contribution in [0, 0.1) is 11.6 Å². The van der Waals surface area contributed by atoms with E-state index < -0.39 is 11.6 Å². The molecule has 4 heteroatoms. The molecule has 0 aliphatic heterocycles. The van der Waals surface area contributed by atoms with E-state index in [0.29, 0.717) is 11.1 Å². The number of hydrogen-bond acceptors (Lipinski definition) is 2. The average Bonchev–Trinajstić information content (AvgIpc) is 2.61. The van der Waals surface area contributed by atoms with Crippen molar-refractivity contribution in [1.82, 2.24) is 0 Å². The van der Waals surface area contributed by atoms with Crippen molar-refractivity contribution in [2.45, 2.75) is 0 Å². The maximum atomic E-state index is 14.2. The number of phenols is 1. The molecule has 124 valence electrons. The van der Waals surface area contributed by atoms with E-state index in [1.54, 1.807) is 30.4 Å². The number of para-hydroxylation sites is 1. The fourth-order valence-corrected chi connectivity index (χ4v) is 2.29. The number of rotatable bonds is 4. The molecule has 2 nitrogen and oxygen atoms in total. The van der Waals surface area contributed by atoms with Gasteiger partial charge in [0.05, 0.1) is 0 Å². The number of aromatic hydroxyl groups is 1. The zero-order valence-corrected chi connectivity index (χ0v) is 13.2. The molecular formula is C21H15F2NO. The van der Waals surface area contributed by atoms with Crippen molar-refractivity contribution in [3.05, 3.63) is 95.1 Å². The normalized spacial score (nSPS) is 11.4. The van der Waals surface area contributed by atoms with Crippen molar-refractivity contribution in [3.8, 4) is 5.75 Å². The van der Waals surface area contributed by atoms with Crippen molar-refractivity contribution >= 4 is 24.1 Å². The fraction of sp³-hybridized carbons (Fsp3) is 0. The van der Waals surface area contributed by atoms with E-state index in [0.717, 1.165) is 5.56 Å². The molecule has 0 radical (unpaired) electrons. The third-order valence-electron chi connectivity index (χ3n) is 3.58. The molecule has 1 N–H and O–H groups in total. The number of hydrogen-bond donors (Lipinski definition) is 1. The quantitative estimate of drug-likeness (QED) is 0.489. The first-order chi connectivity index (χ1) is 12.1. The molecule has 0 saturated heterocycles. The smallest absolute Gasteiger partial charge is 0.152 e. The fourth-order valence-electron chi connectivity index (χ4n) is 2.29. The summed E-state index contributed by atoms with van der Waals surface area (Å²) in [5.74, 6) is -1.53. The summed E-state index contributed by atoms with van der Waals surface area (Å²) >= 11 is 0. The second-order valence-corrected chi connectivity index (χ2v) is 5.39. The molecule has 25 heavy (non-hydrogen) atoms. The highest BCUT2D eigenvalue weighted by Crippen LogP contribution is 2.25. The van der Waals surface area contributed by atoms with Gasteiger partial charge in [-0.3, -0.25) is 0 Å². The van der Waals surface area contributed by atoms with Gasteiger partial charge in [-0.15, -0.1) is 0 Å². The van der Waals surface area contributed by atoms with Crippen LogP contribution in [0.15, 0.2) is 71.7 Å². The van der Waals surface area contributed by atoms with Gasteiger partial charge in [0.15, 0.2) is 11.6 Å². The molecule has 0 aromatic heterocycles. The predicted molar refractivity (Wildman–Crippen MR) is 97.1 cm³/mol. The largest absolute Gasteiger partial charge is 0.507 e. The molecule has 0 saturated carbocycles. The topological polar surface area (TPSA) is 32.6 Å². The van der Waals surface area contributed by atoms with Crippen LogP contribution >= 0.6 is 0 Å². The Labute approximate surface area is 144 Å². The monoisotopic (exact) mass is 335 g/mol. The van der Waals surface area contributed by atoms with E-state index in [4.69, 9.17) is 0 Å². The Bertz CT molecular complexity index is 911. The molecule has 0 fully saturated rings. The number of aliphatic imine (C=N–C) groups is 1. The highest BCUT2D eigenvalue weighted by Gasteiger charge is 2.09. The number of phenolic OH excluding ortho intramolecular Hbond substituents is 1. The molecule has 0 bridgehead atoms. The van der Waals surface area contributed by atoms with Crippen molar-refractivity contribution in [2.24, 2.45) is 4.99 Å². The SMILES string of the molecule is Oc1ccccc1C=Nc1c(F)cc(C=Cc2ccccc2)cc1F. The number of halogens is 2. The Hall–Kier alpha value is -3.27. The van der Waals surface area contributed by atoms with Crippen LogP contribution in [0.4, 0.5) is 14.5 Å². The van der Waals surface area contributed by atoms with Gasteiger partial charge < -0.3 is 5.11 Å². The van der Waals surface area contributed by atoms with Crippen LogP contribution in [0.3, 0.4) is 0 Å². The Morgan fingerprint density at radius 3 is 2.04 bits per heavy atom.